The lowest BCUT2D eigenvalue weighted by molar-refractivity contribution is -0.534. The van der Waals surface area contributed by atoms with Crippen molar-refractivity contribution in [2.45, 2.75) is 25.8 Å². The number of carbonyl (C=O) groups excluding carboxylic acids is 2. The molecule has 0 spiro atoms. The van der Waals surface area contributed by atoms with Crippen molar-refractivity contribution in [2.75, 3.05) is 0 Å². The minimum atomic E-state index is -1.25. The van der Waals surface area contributed by atoms with Crippen LogP contribution in [-0.4, -0.2) is 16.5 Å². The predicted molar refractivity (Wildman–Crippen MR) is 82.5 cm³/mol. The fraction of sp³-hybridized carbons (Fsp3) is 0.294. The molecule has 6 nitrogen and oxygen atoms in total. The first kappa shape index (κ1) is 16.6. The van der Waals surface area contributed by atoms with Gasteiger partial charge in [0, 0.05) is 10.5 Å². The Kier molecular flexibility index (Phi) is 5.05. The molecular weight excluding hydrogens is 298 g/mol. The third-order valence-corrected chi connectivity index (χ3v) is 3.82. The zero-order valence-corrected chi connectivity index (χ0v) is 12.8. The van der Waals surface area contributed by atoms with Gasteiger partial charge in [-0.05, 0) is 26.0 Å². The van der Waals surface area contributed by atoms with Gasteiger partial charge in [-0.15, -0.1) is 0 Å². The molecule has 0 saturated carbocycles. The van der Waals surface area contributed by atoms with Gasteiger partial charge >= 0.3 is 0 Å². The van der Waals surface area contributed by atoms with Crippen LogP contribution in [0.4, 0.5) is 0 Å². The van der Waals surface area contributed by atoms with Gasteiger partial charge in [0.25, 0.3) is 0 Å². The summed E-state index contributed by atoms with van der Waals surface area (Å²) >= 11 is 0. The first-order valence-corrected chi connectivity index (χ1v) is 7.16. The molecule has 1 heterocycles. The van der Waals surface area contributed by atoms with Crippen LogP contribution in [0.3, 0.4) is 0 Å². The molecule has 2 atom stereocenters. The van der Waals surface area contributed by atoms with Crippen LogP contribution >= 0.6 is 0 Å². The molecule has 0 unspecified atom stereocenters. The summed E-state index contributed by atoms with van der Waals surface area (Å²) in [7, 11) is 0. The van der Waals surface area contributed by atoms with E-state index < -0.39 is 34.4 Å². The summed E-state index contributed by atoms with van der Waals surface area (Å²) in [5, 5.41) is 11.7. The zero-order valence-electron chi connectivity index (χ0n) is 12.8. The first-order valence-electron chi connectivity index (χ1n) is 7.16. The van der Waals surface area contributed by atoms with Crippen LogP contribution in [0.5, 0.6) is 0 Å². The van der Waals surface area contributed by atoms with Crippen LogP contribution in [0.2, 0.25) is 0 Å². The SMILES string of the molecule is CC(=O)C(C(C)=O)[C@@H](c1ccco1)[C@@H](c1ccccc1)[N+](=O)[O-]. The second-order valence-electron chi connectivity index (χ2n) is 5.38. The number of Topliss-reactive ketones (excluding diaryl/α,β-unsaturated/α-hetero) is 2. The molecule has 1 aromatic heterocycles. The van der Waals surface area contributed by atoms with Gasteiger partial charge in [-0.1, -0.05) is 30.3 Å². The van der Waals surface area contributed by atoms with E-state index in [4.69, 9.17) is 4.42 Å². The Hall–Kier alpha value is -2.76. The molecule has 6 heteroatoms. The number of benzene rings is 1. The number of hydrogen-bond acceptors (Lipinski definition) is 5. The molecule has 0 aliphatic rings. The van der Waals surface area contributed by atoms with Crippen molar-refractivity contribution in [2.24, 2.45) is 5.92 Å². The maximum atomic E-state index is 12.0. The predicted octanol–water partition coefficient (Wildman–Crippen LogP) is 3.18. The van der Waals surface area contributed by atoms with E-state index in [1.54, 1.807) is 42.5 Å². The Morgan fingerprint density at radius 1 is 1.04 bits per heavy atom. The smallest absolute Gasteiger partial charge is 0.249 e. The van der Waals surface area contributed by atoms with Gasteiger partial charge < -0.3 is 4.42 Å². The molecule has 0 aliphatic carbocycles. The van der Waals surface area contributed by atoms with Crippen molar-refractivity contribution in [3.05, 3.63) is 70.2 Å². The van der Waals surface area contributed by atoms with Crippen molar-refractivity contribution in [1.29, 1.82) is 0 Å². The summed E-state index contributed by atoms with van der Waals surface area (Å²) in [6, 6.07) is 10.2. The fourth-order valence-corrected chi connectivity index (χ4v) is 2.89. The molecule has 23 heavy (non-hydrogen) atoms. The molecule has 0 fully saturated rings. The third kappa shape index (κ3) is 3.53. The second kappa shape index (κ2) is 7.00. The minimum Gasteiger partial charge on any atom is -0.469 e. The summed E-state index contributed by atoms with van der Waals surface area (Å²) in [6.45, 7) is 2.54. The van der Waals surface area contributed by atoms with Gasteiger partial charge in [-0.2, -0.15) is 0 Å². The molecular formula is C17H17NO5. The molecule has 0 radical (unpaired) electrons. The zero-order chi connectivity index (χ0) is 17.0. The normalized spacial score (nSPS) is 13.5. The molecule has 2 rings (SSSR count). The molecule has 0 aliphatic heterocycles. The lowest BCUT2D eigenvalue weighted by Crippen LogP contribution is -2.33. The molecule has 2 aromatic rings. The van der Waals surface area contributed by atoms with Gasteiger partial charge in [-0.3, -0.25) is 19.7 Å². The standard InChI is InChI=1S/C17H17NO5/c1-11(19)15(12(2)20)16(14-9-6-10-23-14)17(18(21)22)13-7-4-3-5-8-13/h3-10,15-17H,1-2H3/t16-,17-/m1/s1. The van der Waals surface area contributed by atoms with E-state index >= 15 is 0 Å². The summed E-state index contributed by atoms with van der Waals surface area (Å²) in [5.41, 5.74) is 0.423. The van der Waals surface area contributed by atoms with Crippen LogP contribution in [0.25, 0.3) is 0 Å². The molecule has 120 valence electrons. The molecule has 0 amide bonds. The van der Waals surface area contributed by atoms with E-state index in [9.17, 15) is 19.7 Å². The van der Waals surface area contributed by atoms with Crippen LogP contribution in [0.15, 0.2) is 53.1 Å². The van der Waals surface area contributed by atoms with Crippen molar-refractivity contribution >= 4 is 11.6 Å². The maximum Gasteiger partial charge on any atom is 0.249 e. The highest BCUT2D eigenvalue weighted by Crippen LogP contribution is 2.40. The highest BCUT2D eigenvalue weighted by atomic mass is 16.6. The summed E-state index contributed by atoms with van der Waals surface area (Å²) in [5.74, 6) is -2.69. The lowest BCUT2D eigenvalue weighted by Gasteiger charge is -2.24. The van der Waals surface area contributed by atoms with Gasteiger partial charge in [0.2, 0.25) is 6.04 Å². The van der Waals surface area contributed by atoms with Crippen molar-refractivity contribution in [3.8, 4) is 0 Å². The van der Waals surface area contributed by atoms with Crippen LogP contribution in [0.1, 0.15) is 37.1 Å². The van der Waals surface area contributed by atoms with Crippen LogP contribution in [0, 0.1) is 16.0 Å². The number of nitrogens with zero attached hydrogens (tertiary/aromatic N) is 1. The van der Waals surface area contributed by atoms with Crippen LogP contribution < -0.4 is 0 Å². The van der Waals surface area contributed by atoms with Gasteiger partial charge in [0.1, 0.15) is 23.2 Å². The summed E-state index contributed by atoms with van der Waals surface area (Å²) < 4.78 is 5.32. The Bertz CT molecular complexity index is 679. The molecule has 1 aromatic carbocycles. The Morgan fingerprint density at radius 2 is 1.65 bits per heavy atom. The van der Waals surface area contributed by atoms with Crippen molar-refractivity contribution in [1.82, 2.24) is 0 Å². The van der Waals surface area contributed by atoms with Crippen LogP contribution in [-0.2, 0) is 9.59 Å². The number of carbonyl (C=O) groups is 2. The number of nitro groups is 1. The quantitative estimate of drug-likeness (QED) is 0.444. The average Bonchev–Trinajstić information content (AvgIpc) is 3.00. The lowest BCUT2D eigenvalue weighted by atomic mass is 9.77. The van der Waals surface area contributed by atoms with Gasteiger partial charge in [-0.25, -0.2) is 0 Å². The van der Waals surface area contributed by atoms with E-state index in [1.165, 1.54) is 20.1 Å². The molecule has 0 saturated heterocycles. The average molecular weight is 315 g/mol. The second-order valence-corrected chi connectivity index (χ2v) is 5.38. The summed E-state index contributed by atoms with van der Waals surface area (Å²) in [4.78, 5) is 35.2. The Morgan fingerprint density at radius 3 is 2.09 bits per heavy atom. The van der Waals surface area contributed by atoms with Gasteiger partial charge in [0.15, 0.2) is 0 Å². The third-order valence-electron chi connectivity index (χ3n) is 3.82. The largest absolute Gasteiger partial charge is 0.469 e. The molecule has 0 N–H and O–H groups in total. The van der Waals surface area contributed by atoms with E-state index in [0.29, 0.717) is 5.56 Å². The minimum absolute atomic E-state index is 0.256. The number of furan rings is 1. The van der Waals surface area contributed by atoms with E-state index in [2.05, 4.69) is 0 Å². The monoisotopic (exact) mass is 315 g/mol. The van der Waals surface area contributed by atoms with E-state index in [0.717, 1.165) is 0 Å². The number of rotatable bonds is 7. The molecule has 0 bridgehead atoms. The first-order chi connectivity index (χ1) is 10.9. The number of hydrogen-bond donors (Lipinski definition) is 0. The van der Waals surface area contributed by atoms with E-state index in [1.807, 2.05) is 0 Å². The Labute approximate surface area is 133 Å². The van der Waals surface area contributed by atoms with E-state index in [-0.39, 0.29) is 5.76 Å². The Balaban J connectivity index is 2.61. The topological polar surface area (TPSA) is 90.4 Å². The fourth-order valence-electron chi connectivity index (χ4n) is 2.89. The van der Waals surface area contributed by atoms with Gasteiger partial charge in [0.05, 0.1) is 12.2 Å². The van der Waals surface area contributed by atoms with Crippen molar-refractivity contribution < 1.29 is 18.9 Å². The maximum absolute atomic E-state index is 12.0. The van der Waals surface area contributed by atoms with Crippen molar-refractivity contribution in [3.63, 3.8) is 0 Å². The highest BCUT2D eigenvalue weighted by molar-refractivity contribution is 6.01. The number of ketones is 2. The summed E-state index contributed by atoms with van der Waals surface area (Å²) in [6.07, 6.45) is 1.38. The highest BCUT2D eigenvalue weighted by Gasteiger charge is 2.45.